The van der Waals surface area contributed by atoms with Crippen molar-refractivity contribution in [3.63, 3.8) is 0 Å². The number of fused-ring (bicyclic) bond motifs is 1. The van der Waals surface area contributed by atoms with Gasteiger partial charge in [0.25, 0.3) is 0 Å². The van der Waals surface area contributed by atoms with E-state index in [1.54, 1.807) is 0 Å². The zero-order valence-electron chi connectivity index (χ0n) is 9.04. The van der Waals surface area contributed by atoms with Gasteiger partial charge in [0.2, 0.25) is 0 Å². The van der Waals surface area contributed by atoms with Crippen molar-refractivity contribution in [1.82, 2.24) is 10.2 Å². The summed E-state index contributed by atoms with van der Waals surface area (Å²) in [4.78, 5) is 2.84. The van der Waals surface area contributed by atoms with E-state index in [0.717, 1.165) is 18.0 Å². The molecule has 1 saturated carbocycles. The molecule has 2 saturated heterocycles. The number of likely N-dealkylation sites (tertiary alicyclic amines) is 1. The van der Waals surface area contributed by atoms with Gasteiger partial charge in [-0.1, -0.05) is 12.8 Å². The van der Waals surface area contributed by atoms with Crippen LogP contribution in [0.1, 0.15) is 38.5 Å². The molecule has 2 nitrogen and oxygen atoms in total. The first-order chi connectivity index (χ1) is 6.95. The number of piperidine rings is 1. The smallest absolute Gasteiger partial charge is 0.0348 e. The predicted octanol–water partition coefficient (Wildman–Crippen LogP) is 1.61. The second-order valence-electron chi connectivity index (χ2n) is 5.30. The standard InChI is InChI=1S/C12H22N2/c1-2-6-12-10(4-1)5-3-7-14(12)11-8-13-9-11/h10-13H,1-9H2/t10-,12-/m0/s1. The fourth-order valence-corrected chi connectivity index (χ4v) is 3.62. The Labute approximate surface area is 87.0 Å². The Morgan fingerprint density at radius 1 is 0.929 bits per heavy atom. The molecule has 14 heavy (non-hydrogen) atoms. The molecule has 3 aliphatic rings. The Bertz CT molecular complexity index is 196. The van der Waals surface area contributed by atoms with Crippen LogP contribution in [0.15, 0.2) is 0 Å². The third-order valence-corrected chi connectivity index (χ3v) is 4.52. The predicted molar refractivity (Wildman–Crippen MR) is 58.3 cm³/mol. The van der Waals surface area contributed by atoms with Crippen molar-refractivity contribution in [1.29, 1.82) is 0 Å². The Kier molecular flexibility index (Phi) is 2.50. The molecule has 2 heteroatoms. The molecule has 0 bridgehead atoms. The minimum absolute atomic E-state index is 0.890. The van der Waals surface area contributed by atoms with E-state index in [0.29, 0.717) is 0 Å². The molecular weight excluding hydrogens is 172 g/mol. The second-order valence-corrected chi connectivity index (χ2v) is 5.30. The van der Waals surface area contributed by atoms with Crippen LogP contribution < -0.4 is 5.32 Å². The van der Waals surface area contributed by atoms with Crippen LogP contribution in [0.5, 0.6) is 0 Å². The highest BCUT2D eigenvalue weighted by atomic mass is 15.3. The van der Waals surface area contributed by atoms with Gasteiger partial charge in [-0.05, 0) is 38.1 Å². The number of hydrogen-bond acceptors (Lipinski definition) is 2. The van der Waals surface area contributed by atoms with E-state index in [-0.39, 0.29) is 0 Å². The molecular formula is C12H22N2. The molecule has 0 amide bonds. The Balaban J connectivity index is 1.69. The van der Waals surface area contributed by atoms with Gasteiger partial charge in [-0.25, -0.2) is 0 Å². The summed E-state index contributed by atoms with van der Waals surface area (Å²) in [5.74, 6) is 1.05. The van der Waals surface area contributed by atoms with Crippen LogP contribution >= 0.6 is 0 Å². The van der Waals surface area contributed by atoms with Gasteiger partial charge in [-0.15, -0.1) is 0 Å². The summed E-state index contributed by atoms with van der Waals surface area (Å²) >= 11 is 0. The molecule has 0 aromatic carbocycles. The third-order valence-electron chi connectivity index (χ3n) is 4.52. The molecule has 3 rings (SSSR count). The average molecular weight is 194 g/mol. The third kappa shape index (κ3) is 1.49. The fourth-order valence-electron chi connectivity index (χ4n) is 3.62. The van der Waals surface area contributed by atoms with Gasteiger partial charge in [-0.3, -0.25) is 4.90 Å². The summed E-state index contributed by atoms with van der Waals surface area (Å²) in [5, 5.41) is 3.41. The fraction of sp³-hybridized carbons (Fsp3) is 1.00. The lowest BCUT2D eigenvalue weighted by molar-refractivity contribution is 0.00806. The second kappa shape index (κ2) is 3.82. The SMILES string of the molecule is C1CC[C@H]2[C@@H](C1)CCCN2C1CNC1. The van der Waals surface area contributed by atoms with Crippen molar-refractivity contribution in [2.75, 3.05) is 19.6 Å². The molecule has 80 valence electrons. The number of nitrogens with zero attached hydrogens (tertiary/aromatic N) is 1. The lowest BCUT2D eigenvalue weighted by Gasteiger charge is -2.50. The zero-order chi connectivity index (χ0) is 9.38. The summed E-state index contributed by atoms with van der Waals surface area (Å²) in [6.07, 6.45) is 8.96. The molecule has 0 spiro atoms. The summed E-state index contributed by atoms with van der Waals surface area (Å²) in [5.41, 5.74) is 0. The maximum atomic E-state index is 3.41. The lowest BCUT2D eigenvalue weighted by atomic mass is 9.77. The molecule has 2 heterocycles. The maximum absolute atomic E-state index is 3.41. The van der Waals surface area contributed by atoms with Crippen molar-refractivity contribution in [2.24, 2.45) is 5.92 Å². The van der Waals surface area contributed by atoms with E-state index in [1.165, 1.54) is 58.2 Å². The highest BCUT2D eigenvalue weighted by molar-refractivity contribution is 4.94. The summed E-state index contributed by atoms with van der Waals surface area (Å²) in [7, 11) is 0. The van der Waals surface area contributed by atoms with E-state index >= 15 is 0 Å². The molecule has 3 fully saturated rings. The van der Waals surface area contributed by atoms with Crippen molar-refractivity contribution in [3.05, 3.63) is 0 Å². The Morgan fingerprint density at radius 3 is 2.50 bits per heavy atom. The van der Waals surface area contributed by atoms with E-state index < -0.39 is 0 Å². The first kappa shape index (κ1) is 9.17. The van der Waals surface area contributed by atoms with Gasteiger partial charge in [0.05, 0.1) is 0 Å². The first-order valence-corrected chi connectivity index (χ1v) is 6.41. The molecule has 0 aromatic heterocycles. The van der Waals surface area contributed by atoms with Crippen molar-refractivity contribution >= 4 is 0 Å². The van der Waals surface area contributed by atoms with E-state index in [2.05, 4.69) is 10.2 Å². The topological polar surface area (TPSA) is 15.3 Å². The summed E-state index contributed by atoms with van der Waals surface area (Å²) in [6.45, 7) is 3.89. The summed E-state index contributed by atoms with van der Waals surface area (Å²) in [6, 6.07) is 1.85. The van der Waals surface area contributed by atoms with Crippen LogP contribution in [0.25, 0.3) is 0 Å². The highest BCUT2D eigenvalue weighted by Crippen LogP contribution is 2.36. The zero-order valence-corrected chi connectivity index (χ0v) is 9.04. The van der Waals surface area contributed by atoms with Crippen LogP contribution in [0.3, 0.4) is 0 Å². The number of hydrogen-bond donors (Lipinski definition) is 1. The monoisotopic (exact) mass is 194 g/mol. The van der Waals surface area contributed by atoms with E-state index in [4.69, 9.17) is 0 Å². The van der Waals surface area contributed by atoms with Crippen LogP contribution in [0, 0.1) is 5.92 Å². The van der Waals surface area contributed by atoms with Crippen molar-refractivity contribution in [2.45, 2.75) is 50.6 Å². The van der Waals surface area contributed by atoms with Gasteiger partial charge in [0.15, 0.2) is 0 Å². The molecule has 2 atom stereocenters. The van der Waals surface area contributed by atoms with Crippen molar-refractivity contribution < 1.29 is 0 Å². The van der Waals surface area contributed by atoms with Crippen molar-refractivity contribution in [3.8, 4) is 0 Å². The van der Waals surface area contributed by atoms with Gasteiger partial charge in [0.1, 0.15) is 0 Å². The van der Waals surface area contributed by atoms with Crippen LogP contribution in [-0.4, -0.2) is 36.6 Å². The molecule has 0 unspecified atom stereocenters. The maximum Gasteiger partial charge on any atom is 0.0348 e. The molecule has 2 aliphatic heterocycles. The van der Waals surface area contributed by atoms with Crippen LogP contribution in [0.4, 0.5) is 0 Å². The van der Waals surface area contributed by atoms with Gasteiger partial charge in [-0.2, -0.15) is 0 Å². The molecule has 1 aliphatic carbocycles. The lowest BCUT2D eigenvalue weighted by Crippen LogP contribution is -2.63. The average Bonchev–Trinajstić information content (AvgIpc) is 2.16. The number of rotatable bonds is 1. The Morgan fingerprint density at radius 2 is 1.71 bits per heavy atom. The van der Waals surface area contributed by atoms with Gasteiger partial charge in [0, 0.05) is 25.2 Å². The largest absolute Gasteiger partial charge is 0.314 e. The Hall–Kier alpha value is -0.0800. The van der Waals surface area contributed by atoms with Gasteiger partial charge < -0.3 is 5.32 Å². The molecule has 0 aromatic rings. The van der Waals surface area contributed by atoms with Crippen LogP contribution in [0.2, 0.25) is 0 Å². The van der Waals surface area contributed by atoms with E-state index in [9.17, 15) is 0 Å². The minimum Gasteiger partial charge on any atom is -0.314 e. The quantitative estimate of drug-likeness (QED) is 0.682. The van der Waals surface area contributed by atoms with Gasteiger partial charge >= 0.3 is 0 Å². The van der Waals surface area contributed by atoms with Crippen LogP contribution in [-0.2, 0) is 0 Å². The van der Waals surface area contributed by atoms with E-state index in [1.807, 2.05) is 0 Å². The minimum atomic E-state index is 0.890. The normalized spacial score (nSPS) is 40.3. The first-order valence-electron chi connectivity index (χ1n) is 6.41. The summed E-state index contributed by atoms with van der Waals surface area (Å²) < 4.78 is 0. The number of nitrogens with one attached hydrogen (secondary N) is 1. The molecule has 0 radical (unpaired) electrons. The highest BCUT2D eigenvalue weighted by Gasteiger charge is 2.38. The molecule has 1 N–H and O–H groups in total.